The molecule has 0 bridgehead atoms. The SMILES string of the molecule is CCCCCCCCCCCCN(CCCCCC)C(=O)CCCCCCC. The van der Waals surface area contributed by atoms with Crippen LogP contribution in [0, 0.1) is 0 Å². The molecule has 2 nitrogen and oxygen atoms in total. The second kappa shape index (κ2) is 22.8. The van der Waals surface area contributed by atoms with E-state index in [1.807, 2.05) is 0 Å². The highest BCUT2D eigenvalue weighted by Gasteiger charge is 2.12. The average molecular weight is 396 g/mol. The average Bonchev–Trinajstić information content (AvgIpc) is 2.70. The zero-order valence-electron chi connectivity index (χ0n) is 19.9. The fraction of sp³-hybridized carbons (Fsp3) is 0.962. The first-order valence-corrected chi connectivity index (χ1v) is 13.0. The molecule has 168 valence electrons. The summed E-state index contributed by atoms with van der Waals surface area (Å²) in [6.45, 7) is 8.77. The van der Waals surface area contributed by atoms with Gasteiger partial charge in [-0.2, -0.15) is 0 Å². The highest BCUT2D eigenvalue weighted by Crippen LogP contribution is 2.13. The molecular formula is C26H53NO. The Morgan fingerprint density at radius 1 is 0.464 bits per heavy atom. The van der Waals surface area contributed by atoms with E-state index in [-0.39, 0.29) is 0 Å². The molecule has 1 amide bonds. The van der Waals surface area contributed by atoms with Crippen LogP contribution in [0.25, 0.3) is 0 Å². The van der Waals surface area contributed by atoms with Gasteiger partial charge in [0.25, 0.3) is 0 Å². The maximum Gasteiger partial charge on any atom is 0.222 e. The Hall–Kier alpha value is -0.530. The Balaban J connectivity index is 3.88. The molecule has 0 aliphatic rings. The van der Waals surface area contributed by atoms with E-state index in [1.165, 1.54) is 116 Å². The van der Waals surface area contributed by atoms with Crippen LogP contribution in [0.5, 0.6) is 0 Å². The van der Waals surface area contributed by atoms with Crippen LogP contribution in [0.3, 0.4) is 0 Å². The van der Waals surface area contributed by atoms with Crippen molar-refractivity contribution in [3.63, 3.8) is 0 Å². The first-order valence-electron chi connectivity index (χ1n) is 13.0. The molecule has 0 fully saturated rings. The monoisotopic (exact) mass is 395 g/mol. The molecule has 0 atom stereocenters. The minimum atomic E-state index is 0.420. The molecule has 0 radical (unpaired) electrons. The summed E-state index contributed by atoms with van der Waals surface area (Å²) in [6, 6.07) is 0. The summed E-state index contributed by atoms with van der Waals surface area (Å²) in [5.41, 5.74) is 0. The van der Waals surface area contributed by atoms with Crippen LogP contribution in [-0.4, -0.2) is 23.9 Å². The summed E-state index contributed by atoms with van der Waals surface area (Å²) in [7, 11) is 0. The van der Waals surface area contributed by atoms with E-state index in [2.05, 4.69) is 25.7 Å². The lowest BCUT2D eigenvalue weighted by Gasteiger charge is -2.23. The normalized spacial score (nSPS) is 11.1. The molecule has 0 saturated heterocycles. The smallest absolute Gasteiger partial charge is 0.222 e. The summed E-state index contributed by atoms with van der Waals surface area (Å²) in [5, 5.41) is 0. The van der Waals surface area contributed by atoms with E-state index < -0.39 is 0 Å². The van der Waals surface area contributed by atoms with Gasteiger partial charge in [-0.05, 0) is 19.3 Å². The number of hydrogen-bond acceptors (Lipinski definition) is 1. The zero-order valence-corrected chi connectivity index (χ0v) is 19.9. The van der Waals surface area contributed by atoms with Gasteiger partial charge in [0.2, 0.25) is 5.91 Å². The van der Waals surface area contributed by atoms with Gasteiger partial charge in [-0.3, -0.25) is 4.79 Å². The molecule has 0 unspecified atom stereocenters. The third-order valence-electron chi connectivity index (χ3n) is 5.91. The Bertz CT molecular complexity index is 316. The quantitative estimate of drug-likeness (QED) is 0.168. The lowest BCUT2D eigenvalue weighted by Crippen LogP contribution is -2.32. The van der Waals surface area contributed by atoms with Gasteiger partial charge >= 0.3 is 0 Å². The highest BCUT2D eigenvalue weighted by molar-refractivity contribution is 5.76. The van der Waals surface area contributed by atoms with E-state index >= 15 is 0 Å². The Kier molecular flexibility index (Phi) is 22.3. The molecule has 0 rings (SSSR count). The first-order chi connectivity index (χ1) is 13.8. The largest absolute Gasteiger partial charge is 0.343 e. The topological polar surface area (TPSA) is 20.3 Å². The third kappa shape index (κ3) is 18.8. The fourth-order valence-corrected chi connectivity index (χ4v) is 3.92. The van der Waals surface area contributed by atoms with Gasteiger partial charge in [-0.15, -0.1) is 0 Å². The lowest BCUT2D eigenvalue weighted by molar-refractivity contribution is -0.131. The molecule has 28 heavy (non-hydrogen) atoms. The van der Waals surface area contributed by atoms with Crippen LogP contribution >= 0.6 is 0 Å². The standard InChI is InChI=1S/C26H53NO/c1-4-7-10-13-14-15-16-17-19-22-25-27(24-21-12-9-6-3)26(28)23-20-18-11-8-5-2/h4-25H2,1-3H3. The maximum absolute atomic E-state index is 12.7. The molecule has 0 N–H and O–H groups in total. The zero-order chi connectivity index (χ0) is 20.7. The number of unbranched alkanes of at least 4 members (excludes halogenated alkanes) is 16. The molecular weight excluding hydrogens is 342 g/mol. The number of carbonyl (C=O) groups excluding carboxylic acids is 1. The van der Waals surface area contributed by atoms with Gasteiger partial charge in [0.1, 0.15) is 0 Å². The summed E-state index contributed by atoms with van der Waals surface area (Å²) in [6.07, 6.45) is 25.6. The van der Waals surface area contributed by atoms with Crippen LogP contribution in [0.2, 0.25) is 0 Å². The molecule has 0 aromatic heterocycles. The second-order valence-corrected chi connectivity index (χ2v) is 8.79. The molecule has 2 heteroatoms. The van der Waals surface area contributed by atoms with Crippen molar-refractivity contribution in [2.45, 2.75) is 149 Å². The third-order valence-corrected chi connectivity index (χ3v) is 5.91. The molecule has 0 aliphatic carbocycles. The minimum absolute atomic E-state index is 0.420. The summed E-state index contributed by atoms with van der Waals surface area (Å²) in [5.74, 6) is 0.420. The number of hydrogen-bond donors (Lipinski definition) is 0. The number of carbonyl (C=O) groups is 1. The van der Waals surface area contributed by atoms with Crippen LogP contribution in [0.1, 0.15) is 149 Å². The van der Waals surface area contributed by atoms with Gasteiger partial charge in [0, 0.05) is 19.5 Å². The van der Waals surface area contributed by atoms with E-state index in [0.29, 0.717) is 5.91 Å². The first kappa shape index (κ1) is 27.5. The van der Waals surface area contributed by atoms with Gasteiger partial charge < -0.3 is 4.90 Å². The Morgan fingerprint density at radius 3 is 1.21 bits per heavy atom. The van der Waals surface area contributed by atoms with Gasteiger partial charge in [0.05, 0.1) is 0 Å². The number of rotatable bonds is 22. The summed E-state index contributed by atoms with van der Waals surface area (Å²) < 4.78 is 0. The van der Waals surface area contributed by atoms with Crippen molar-refractivity contribution in [2.24, 2.45) is 0 Å². The molecule has 0 spiro atoms. The van der Waals surface area contributed by atoms with Gasteiger partial charge in [0.15, 0.2) is 0 Å². The fourth-order valence-electron chi connectivity index (χ4n) is 3.92. The van der Waals surface area contributed by atoms with Crippen molar-refractivity contribution < 1.29 is 4.79 Å². The Labute approximate surface area is 178 Å². The predicted octanol–water partition coefficient (Wildman–Crippen LogP) is 8.68. The predicted molar refractivity (Wildman–Crippen MR) is 126 cm³/mol. The van der Waals surface area contributed by atoms with E-state index in [1.54, 1.807) is 0 Å². The minimum Gasteiger partial charge on any atom is -0.343 e. The Morgan fingerprint density at radius 2 is 0.786 bits per heavy atom. The molecule has 0 heterocycles. The molecule has 0 aliphatic heterocycles. The highest BCUT2D eigenvalue weighted by atomic mass is 16.2. The van der Waals surface area contributed by atoms with Crippen molar-refractivity contribution in [1.82, 2.24) is 4.90 Å². The van der Waals surface area contributed by atoms with Crippen molar-refractivity contribution in [2.75, 3.05) is 13.1 Å². The van der Waals surface area contributed by atoms with Crippen LogP contribution < -0.4 is 0 Å². The molecule has 0 aromatic carbocycles. The lowest BCUT2D eigenvalue weighted by atomic mass is 10.1. The van der Waals surface area contributed by atoms with Crippen LogP contribution in [-0.2, 0) is 4.79 Å². The number of amides is 1. The van der Waals surface area contributed by atoms with Gasteiger partial charge in [-0.1, -0.05) is 124 Å². The molecule has 0 aromatic rings. The van der Waals surface area contributed by atoms with E-state index in [0.717, 1.165) is 25.9 Å². The van der Waals surface area contributed by atoms with Crippen molar-refractivity contribution in [3.05, 3.63) is 0 Å². The van der Waals surface area contributed by atoms with Crippen LogP contribution in [0.15, 0.2) is 0 Å². The van der Waals surface area contributed by atoms with Crippen molar-refractivity contribution in [3.8, 4) is 0 Å². The van der Waals surface area contributed by atoms with Crippen molar-refractivity contribution in [1.29, 1.82) is 0 Å². The molecule has 0 saturated carbocycles. The maximum atomic E-state index is 12.7. The van der Waals surface area contributed by atoms with E-state index in [9.17, 15) is 4.79 Å². The van der Waals surface area contributed by atoms with Crippen molar-refractivity contribution >= 4 is 5.91 Å². The van der Waals surface area contributed by atoms with Crippen LogP contribution in [0.4, 0.5) is 0 Å². The van der Waals surface area contributed by atoms with E-state index in [4.69, 9.17) is 0 Å². The summed E-state index contributed by atoms with van der Waals surface area (Å²) >= 11 is 0. The van der Waals surface area contributed by atoms with Gasteiger partial charge in [-0.25, -0.2) is 0 Å². The second-order valence-electron chi connectivity index (χ2n) is 8.79. The summed E-state index contributed by atoms with van der Waals surface area (Å²) in [4.78, 5) is 14.9. The number of nitrogens with zero attached hydrogens (tertiary/aromatic N) is 1.